The molecule has 512 valence electrons. The summed E-state index contributed by atoms with van der Waals surface area (Å²) in [5.41, 5.74) is 5.41. The highest BCUT2D eigenvalue weighted by atomic mass is 31.2. The van der Waals surface area contributed by atoms with Crippen LogP contribution in [0.1, 0.15) is 399 Å². The molecule has 0 saturated heterocycles. The predicted octanol–water partition coefficient (Wildman–Crippen LogP) is 25.2. The number of phosphoric acid groups is 1. The third-order valence-electron chi connectivity index (χ3n) is 17.2. The Bertz CT molecular complexity index is 1570. The van der Waals surface area contributed by atoms with E-state index in [1.807, 2.05) is 0 Å². The van der Waals surface area contributed by atoms with Gasteiger partial charge in [0, 0.05) is 19.4 Å². The van der Waals surface area contributed by atoms with Crippen LogP contribution in [0.4, 0.5) is 0 Å². The maximum absolute atomic E-state index is 12.8. The molecule has 0 spiro atoms. The third-order valence-corrected chi connectivity index (χ3v) is 18.2. The number of hydrogen-bond donors (Lipinski definition) is 2. The van der Waals surface area contributed by atoms with E-state index in [0.29, 0.717) is 6.42 Å². The second-order valence-electron chi connectivity index (χ2n) is 25.9. The number of allylic oxidation sites excluding steroid dienone is 8. The molecule has 2 atom stereocenters. The van der Waals surface area contributed by atoms with Gasteiger partial charge in [0.1, 0.15) is 6.61 Å². The van der Waals surface area contributed by atoms with Gasteiger partial charge in [-0.05, 0) is 77.0 Å². The van der Waals surface area contributed by atoms with E-state index in [-0.39, 0.29) is 38.6 Å². The molecule has 0 aliphatic heterocycles. The lowest BCUT2D eigenvalue weighted by atomic mass is 10.0. The SMILES string of the molecule is CCCCCCC/C=C\C/C=C\C/C=C\CCCCCCCCCCCCCCCCCCCCC(=O)OC(COC(=O)CCCCCCCCCCCCCCCCCCCCCCC/C=C\CCCCCCCCCC)COP(=O)(O)OCCN. The van der Waals surface area contributed by atoms with Gasteiger partial charge in [-0.1, -0.05) is 358 Å². The zero-order valence-electron chi connectivity index (χ0n) is 57.8. The second kappa shape index (κ2) is 73.0. The van der Waals surface area contributed by atoms with Crippen LogP contribution in [0.3, 0.4) is 0 Å². The van der Waals surface area contributed by atoms with E-state index in [1.54, 1.807) is 0 Å². The molecular weight excluding hydrogens is 1100 g/mol. The highest BCUT2D eigenvalue weighted by Gasteiger charge is 2.26. The summed E-state index contributed by atoms with van der Waals surface area (Å²) in [5, 5.41) is 0. The molecule has 0 heterocycles. The normalized spacial score (nSPS) is 13.1. The Hall–Kier alpha value is -2.03. The number of hydrogen-bond acceptors (Lipinski definition) is 8. The molecule has 0 amide bonds. The predicted molar refractivity (Wildman–Crippen MR) is 377 cm³/mol. The molecule has 2 unspecified atom stereocenters. The molecule has 0 rings (SSSR count). The zero-order chi connectivity index (χ0) is 63.0. The lowest BCUT2D eigenvalue weighted by Crippen LogP contribution is -2.29. The zero-order valence-corrected chi connectivity index (χ0v) is 58.7. The minimum absolute atomic E-state index is 0.0554. The van der Waals surface area contributed by atoms with E-state index in [2.05, 4.69) is 62.5 Å². The number of carbonyl (C=O) groups is 2. The Morgan fingerprint density at radius 1 is 0.345 bits per heavy atom. The van der Waals surface area contributed by atoms with Crippen molar-refractivity contribution in [1.29, 1.82) is 0 Å². The van der Waals surface area contributed by atoms with Crippen molar-refractivity contribution < 1.29 is 37.6 Å². The minimum atomic E-state index is -4.39. The number of ether oxygens (including phenoxy) is 2. The van der Waals surface area contributed by atoms with Crippen LogP contribution in [-0.2, 0) is 32.7 Å². The Morgan fingerprint density at radius 3 is 0.897 bits per heavy atom. The van der Waals surface area contributed by atoms with Crippen molar-refractivity contribution in [3.63, 3.8) is 0 Å². The number of rotatable bonds is 73. The average Bonchev–Trinajstić information content (AvgIpc) is 3.64. The van der Waals surface area contributed by atoms with Gasteiger partial charge in [-0.3, -0.25) is 18.6 Å². The monoisotopic (exact) mass is 1240 g/mol. The molecule has 0 saturated carbocycles. The Kier molecular flexibility index (Phi) is 71.3. The molecule has 0 radical (unpaired) electrons. The first kappa shape index (κ1) is 85.0. The maximum atomic E-state index is 12.8. The van der Waals surface area contributed by atoms with E-state index < -0.39 is 26.5 Å². The molecule has 0 aromatic heterocycles. The molecule has 0 fully saturated rings. The number of nitrogens with two attached hydrogens (primary N) is 1. The van der Waals surface area contributed by atoms with Crippen LogP contribution in [0, 0.1) is 0 Å². The molecule has 0 aliphatic rings. The van der Waals surface area contributed by atoms with E-state index in [9.17, 15) is 19.0 Å². The van der Waals surface area contributed by atoms with Crippen LogP contribution >= 0.6 is 7.82 Å². The first-order valence-electron chi connectivity index (χ1n) is 38.1. The fourth-order valence-electron chi connectivity index (χ4n) is 11.5. The summed E-state index contributed by atoms with van der Waals surface area (Å²) in [4.78, 5) is 35.4. The van der Waals surface area contributed by atoms with Crippen molar-refractivity contribution in [3.8, 4) is 0 Å². The average molecular weight is 1240 g/mol. The van der Waals surface area contributed by atoms with E-state index in [4.69, 9.17) is 24.3 Å². The van der Waals surface area contributed by atoms with Gasteiger partial charge < -0.3 is 20.1 Å². The summed E-state index contributed by atoms with van der Waals surface area (Å²) in [6, 6.07) is 0. The van der Waals surface area contributed by atoms with Crippen LogP contribution in [0.2, 0.25) is 0 Å². The fourth-order valence-corrected chi connectivity index (χ4v) is 12.3. The molecule has 0 aromatic carbocycles. The molecule has 0 bridgehead atoms. The Labute approximate surface area is 540 Å². The van der Waals surface area contributed by atoms with E-state index in [1.165, 1.54) is 321 Å². The van der Waals surface area contributed by atoms with Crippen LogP contribution in [0.5, 0.6) is 0 Å². The van der Waals surface area contributed by atoms with Gasteiger partial charge in [0.15, 0.2) is 6.10 Å². The van der Waals surface area contributed by atoms with Crippen molar-refractivity contribution in [2.24, 2.45) is 5.73 Å². The van der Waals surface area contributed by atoms with Crippen molar-refractivity contribution >= 4 is 19.8 Å². The van der Waals surface area contributed by atoms with Crippen molar-refractivity contribution in [2.75, 3.05) is 26.4 Å². The van der Waals surface area contributed by atoms with Gasteiger partial charge in [-0.15, -0.1) is 0 Å². The Balaban J connectivity index is 3.79. The smallest absolute Gasteiger partial charge is 0.462 e. The van der Waals surface area contributed by atoms with Gasteiger partial charge in [0.2, 0.25) is 0 Å². The summed E-state index contributed by atoms with van der Waals surface area (Å²) in [6.07, 6.45) is 93.8. The summed E-state index contributed by atoms with van der Waals surface area (Å²) in [6.45, 7) is 3.81. The lowest BCUT2D eigenvalue weighted by Gasteiger charge is -2.19. The van der Waals surface area contributed by atoms with Crippen LogP contribution in [0.25, 0.3) is 0 Å². The molecule has 0 aromatic rings. The van der Waals surface area contributed by atoms with Crippen LogP contribution in [-0.4, -0.2) is 49.3 Å². The summed E-state index contributed by atoms with van der Waals surface area (Å²) < 4.78 is 33.3. The molecular formula is C77H146NO8P. The molecule has 10 heteroatoms. The lowest BCUT2D eigenvalue weighted by molar-refractivity contribution is -0.161. The van der Waals surface area contributed by atoms with Crippen LogP contribution in [0.15, 0.2) is 48.6 Å². The van der Waals surface area contributed by atoms with Gasteiger partial charge in [0.25, 0.3) is 0 Å². The third kappa shape index (κ3) is 72.9. The molecule has 3 N–H and O–H groups in total. The number of phosphoric ester groups is 1. The number of carbonyl (C=O) groups excluding carboxylic acids is 2. The van der Waals surface area contributed by atoms with Gasteiger partial charge in [-0.25, -0.2) is 4.57 Å². The number of esters is 2. The van der Waals surface area contributed by atoms with Gasteiger partial charge >= 0.3 is 19.8 Å². The maximum Gasteiger partial charge on any atom is 0.472 e. The highest BCUT2D eigenvalue weighted by Crippen LogP contribution is 2.43. The van der Waals surface area contributed by atoms with Crippen molar-refractivity contribution in [1.82, 2.24) is 0 Å². The standard InChI is InChI=1S/C77H146NO8P/c1-3-5-7-9-11-13-15-17-19-21-23-25-27-29-31-33-35-37-39-41-43-45-47-49-51-53-55-57-59-61-63-65-67-69-76(79)83-73-75(74-85-87(81,82)84-72-71-78)86-77(80)70-68-66-64-62-60-58-56-54-52-50-48-46-44-42-40-38-36-34-32-30-28-26-24-22-20-18-16-14-12-10-8-6-4-2/h16,18,21-24,28,30,75H,3-15,17,19-20,25-27,29,31-74,78H2,1-2H3,(H,81,82)/b18-16-,23-21-,24-22-,30-28-. The quantitative estimate of drug-likeness (QED) is 0.0264. The second-order valence-corrected chi connectivity index (χ2v) is 27.3. The summed E-state index contributed by atoms with van der Waals surface area (Å²) in [7, 11) is -4.39. The number of unbranched alkanes of at least 4 members (excludes halogenated alkanes) is 52. The first-order chi connectivity index (χ1) is 42.8. The van der Waals surface area contributed by atoms with Crippen molar-refractivity contribution in [2.45, 2.75) is 405 Å². The topological polar surface area (TPSA) is 134 Å². The van der Waals surface area contributed by atoms with Gasteiger partial charge in [-0.2, -0.15) is 0 Å². The minimum Gasteiger partial charge on any atom is -0.462 e. The van der Waals surface area contributed by atoms with E-state index in [0.717, 1.165) is 44.9 Å². The summed E-state index contributed by atoms with van der Waals surface area (Å²) >= 11 is 0. The Morgan fingerprint density at radius 2 is 0.598 bits per heavy atom. The highest BCUT2D eigenvalue weighted by molar-refractivity contribution is 7.47. The molecule has 9 nitrogen and oxygen atoms in total. The largest absolute Gasteiger partial charge is 0.472 e. The van der Waals surface area contributed by atoms with Gasteiger partial charge in [0.05, 0.1) is 13.2 Å². The fraction of sp³-hybridized carbons (Fsp3) is 0.870. The molecule has 87 heavy (non-hydrogen) atoms. The molecule has 0 aliphatic carbocycles. The first-order valence-corrected chi connectivity index (χ1v) is 39.6. The summed E-state index contributed by atoms with van der Waals surface area (Å²) in [5.74, 6) is -0.805. The van der Waals surface area contributed by atoms with Crippen LogP contribution < -0.4 is 5.73 Å². The van der Waals surface area contributed by atoms with E-state index >= 15 is 0 Å². The van der Waals surface area contributed by atoms with Crippen molar-refractivity contribution in [3.05, 3.63) is 48.6 Å².